The molecule has 1 aromatic carbocycles. The van der Waals surface area contributed by atoms with E-state index in [1.807, 2.05) is 36.1 Å². The zero-order chi connectivity index (χ0) is 23.1. The standard InChI is InChI=1S/C22H30N4O4S2/c1-15(2)9-25-10-19(30-13-17-6-5-7-18(8-17)29-4)11-26(12-20(25)27)21(28)14-31-22-24-23-16(3)32-22/h5-8,15,19H,9-14H2,1-4H3. The van der Waals surface area contributed by atoms with Gasteiger partial charge in [-0.05, 0) is 30.5 Å². The highest BCUT2D eigenvalue weighted by atomic mass is 32.2. The maximum absolute atomic E-state index is 12.9. The SMILES string of the molecule is COc1cccc(COC2CN(C(=O)CSc3nnc(C)s3)CC(=O)N(CC(C)C)C2)c1. The van der Waals surface area contributed by atoms with Gasteiger partial charge in [0, 0.05) is 19.6 Å². The summed E-state index contributed by atoms with van der Waals surface area (Å²) in [5, 5.41) is 8.90. The van der Waals surface area contributed by atoms with Crippen LogP contribution in [-0.2, 0) is 20.9 Å². The second-order valence-electron chi connectivity index (χ2n) is 8.13. The largest absolute Gasteiger partial charge is 0.497 e. The molecule has 32 heavy (non-hydrogen) atoms. The van der Waals surface area contributed by atoms with Gasteiger partial charge in [-0.15, -0.1) is 10.2 Å². The van der Waals surface area contributed by atoms with Crippen LogP contribution in [-0.4, -0.2) is 77.0 Å². The summed E-state index contributed by atoms with van der Waals surface area (Å²) in [6.45, 7) is 7.96. The summed E-state index contributed by atoms with van der Waals surface area (Å²) >= 11 is 2.81. The summed E-state index contributed by atoms with van der Waals surface area (Å²) in [7, 11) is 1.63. The molecule has 10 heteroatoms. The molecule has 0 spiro atoms. The predicted molar refractivity (Wildman–Crippen MR) is 125 cm³/mol. The first-order valence-electron chi connectivity index (χ1n) is 10.6. The van der Waals surface area contributed by atoms with Gasteiger partial charge >= 0.3 is 0 Å². The number of aryl methyl sites for hydroxylation is 1. The van der Waals surface area contributed by atoms with Crippen LogP contribution in [0.3, 0.4) is 0 Å². The van der Waals surface area contributed by atoms with Crippen molar-refractivity contribution in [3.8, 4) is 5.75 Å². The van der Waals surface area contributed by atoms with Crippen molar-refractivity contribution in [3.05, 3.63) is 34.8 Å². The number of benzene rings is 1. The number of rotatable bonds is 9. The van der Waals surface area contributed by atoms with Crippen LogP contribution in [0.15, 0.2) is 28.6 Å². The average Bonchev–Trinajstić information content (AvgIpc) is 3.12. The number of thioether (sulfide) groups is 1. The van der Waals surface area contributed by atoms with Crippen LogP contribution in [0.2, 0.25) is 0 Å². The van der Waals surface area contributed by atoms with E-state index < -0.39 is 0 Å². The third-order valence-corrected chi connectivity index (χ3v) is 6.87. The number of methoxy groups -OCH3 is 1. The van der Waals surface area contributed by atoms with E-state index in [0.29, 0.717) is 32.2 Å². The minimum atomic E-state index is -0.274. The molecular formula is C22H30N4O4S2. The van der Waals surface area contributed by atoms with Crippen molar-refractivity contribution in [1.82, 2.24) is 20.0 Å². The first kappa shape index (κ1) is 24.5. The van der Waals surface area contributed by atoms with E-state index in [1.165, 1.54) is 23.1 Å². The Hall–Kier alpha value is -2.17. The van der Waals surface area contributed by atoms with Crippen LogP contribution in [0.5, 0.6) is 5.75 Å². The maximum Gasteiger partial charge on any atom is 0.242 e. The van der Waals surface area contributed by atoms with Gasteiger partial charge in [-0.3, -0.25) is 9.59 Å². The number of aromatic nitrogens is 2. The molecule has 174 valence electrons. The van der Waals surface area contributed by atoms with Crippen LogP contribution in [0.4, 0.5) is 0 Å². The number of carbonyl (C=O) groups is 2. The smallest absolute Gasteiger partial charge is 0.242 e. The molecule has 0 aliphatic carbocycles. The molecule has 1 aliphatic heterocycles. The number of amides is 2. The Morgan fingerprint density at radius 3 is 2.81 bits per heavy atom. The zero-order valence-corrected chi connectivity index (χ0v) is 20.6. The van der Waals surface area contributed by atoms with Crippen molar-refractivity contribution in [2.24, 2.45) is 5.92 Å². The highest BCUT2D eigenvalue weighted by molar-refractivity contribution is 8.01. The van der Waals surface area contributed by atoms with Crippen LogP contribution >= 0.6 is 23.1 Å². The first-order chi connectivity index (χ1) is 15.3. The van der Waals surface area contributed by atoms with Gasteiger partial charge in [-0.25, -0.2) is 0 Å². The molecule has 1 saturated heterocycles. The summed E-state index contributed by atoms with van der Waals surface area (Å²) in [5.41, 5.74) is 0.982. The van der Waals surface area contributed by atoms with Crippen molar-refractivity contribution < 1.29 is 19.1 Å². The van der Waals surface area contributed by atoms with Crippen molar-refractivity contribution in [1.29, 1.82) is 0 Å². The third kappa shape index (κ3) is 7.18. The normalized spacial score (nSPS) is 17.0. The number of carbonyl (C=O) groups excluding carboxylic acids is 2. The number of ether oxygens (including phenoxy) is 2. The van der Waals surface area contributed by atoms with Crippen molar-refractivity contribution in [2.75, 3.05) is 39.0 Å². The van der Waals surface area contributed by atoms with E-state index in [0.717, 1.165) is 20.7 Å². The lowest BCUT2D eigenvalue weighted by atomic mass is 10.2. The molecule has 2 amide bonds. The molecule has 0 radical (unpaired) electrons. The Morgan fingerprint density at radius 1 is 1.31 bits per heavy atom. The summed E-state index contributed by atoms with van der Waals surface area (Å²) < 4.78 is 12.2. The summed E-state index contributed by atoms with van der Waals surface area (Å²) in [4.78, 5) is 29.2. The summed E-state index contributed by atoms with van der Waals surface area (Å²) in [5.74, 6) is 1.17. The molecule has 1 atom stereocenters. The Morgan fingerprint density at radius 2 is 2.12 bits per heavy atom. The Balaban J connectivity index is 1.67. The van der Waals surface area contributed by atoms with Gasteiger partial charge in [0.05, 0.1) is 32.1 Å². The highest BCUT2D eigenvalue weighted by Gasteiger charge is 2.31. The number of hydrogen-bond donors (Lipinski definition) is 0. The minimum Gasteiger partial charge on any atom is -0.497 e. The fourth-order valence-electron chi connectivity index (χ4n) is 3.42. The van der Waals surface area contributed by atoms with E-state index in [4.69, 9.17) is 9.47 Å². The van der Waals surface area contributed by atoms with E-state index in [-0.39, 0.29) is 30.2 Å². The van der Waals surface area contributed by atoms with Gasteiger partial charge in [-0.2, -0.15) is 0 Å². The van der Waals surface area contributed by atoms with Gasteiger partial charge in [0.2, 0.25) is 11.8 Å². The molecule has 0 bridgehead atoms. The molecule has 2 heterocycles. The fraction of sp³-hybridized carbons (Fsp3) is 0.545. The molecule has 1 aliphatic rings. The zero-order valence-electron chi connectivity index (χ0n) is 18.9. The lowest BCUT2D eigenvalue weighted by Gasteiger charge is -2.26. The van der Waals surface area contributed by atoms with Gasteiger partial charge in [0.1, 0.15) is 10.8 Å². The number of hydrogen-bond acceptors (Lipinski definition) is 8. The molecule has 1 fully saturated rings. The van der Waals surface area contributed by atoms with Crippen LogP contribution in [0.25, 0.3) is 0 Å². The second kappa shape index (κ2) is 11.6. The van der Waals surface area contributed by atoms with E-state index in [9.17, 15) is 9.59 Å². The topological polar surface area (TPSA) is 84.9 Å². The Labute approximate surface area is 197 Å². The fourth-order valence-corrected chi connectivity index (χ4v) is 5.14. The molecule has 3 rings (SSSR count). The number of nitrogens with zero attached hydrogens (tertiary/aromatic N) is 4. The molecule has 2 aromatic rings. The lowest BCUT2D eigenvalue weighted by molar-refractivity contribution is -0.137. The third-order valence-electron chi connectivity index (χ3n) is 4.91. The van der Waals surface area contributed by atoms with Gasteiger partial charge in [0.15, 0.2) is 4.34 Å². The lowest BCUT2D eigenvalue weighted by Crippen LogP contribution is -2.41. The van der Waals surface area contributed by atoms with Crippen molar-refractivity contribution >= 4 is 34.9 Å². The quantitative estimate of drug-likeness (QED) is 0.512. The van der Waals surface area contributed by atoms with E-state index in [1.54, 1.807) is 12.0 Å². The van der Waals surface area contributed by atoms with Crippen molar-refractivity contribution in [3.63, 3.8) is 0 Å². The average molecular weight is 479 g/mol. The second-order valence-corrected chi connectivity index (χ2v) is 10.5. The molecule has 0 N–H and O–H groups in total. The minimum absolute atomic E-state index is 0.0451. The monoisotopic (exact) mass is 478 g/mol. The van der Waals surface area contributed by atoms with Gasteiger partial charge in [0.25, 0.3) is 0 Å². The van der Waals surface area contributed by atoms with E-state index in [2.05, 4.69) is 24.0 Å². The highest BCUT2D eigenvalue weighted by Crippen LogP contribution is 2.23. The maximum atomic E-state index is 12.9. The predicted octanol–water partition coefficient (Wildman–Crippen LogP) is 2.86. The van der Waals surface area contributed by atoms with Gasteiger partial charge in [-0.1, -0.05) is 49.1 Å². The summed E-state index contributed by atoms with van der Waals surface area (Å²) in [6.07, 6.45) is -0.274. The van der Waals surface area contributed by atoms with Crippen LogP contribution in [0, 0.1) is 12.8 Å². The Bertz CT molecular complexity index is 921. The molecule has 8 nitrogen and oxygen atoms in total. The van der Waals surface area contributed by atoms with Crippen LogP contribution in [0.1, 0.15) is 24.4 Å². The first-order valence-corrected chi connectivity index (χ1v) is 12.4. The summed E-state index contributed by atoms with van der Waals surface area (Å²) in [6, 6.07) is 7.70. The van der Waals surface area contributed by atoms with Crippen LogP contribution < -0.4 is 4.74 Å². The molecule has 1 aromatic heterocycles. The molecule has 0 saturated carbocycles. The Kier molecular flexibility index (Phi) is 8.89. The molecular weight excluding hydrogens is 448 g/mol. The van der Waals surface area contributed by atoms with E-state index >= 15 is 0 Å². The van der Waals surface area contributed by atoms with Gasteiger partial charge < -0.3 is 19.3 Å². The van der Waals surface area contributed by atoms with Crippen molar-refractivity contribution in [2.45, 2.75) is 37.8 Å². The molecule has 1 unspecified atom stereocenters.